The summed E-state index contributed by atoms with van der Waals surface area (Å²) in [7, 11) is 0. The van der Waals surface area contributed by atoms with Gasteiger partial charge in [0, 0.05) is 74.5 Å². The molecule has 0 heterocycles. The van der Waals surface area contributed by atoms with Gasteiger partial charge in [0.2, 0.25) is 0 Å². The topological polar surface area (TPSA) is 350 Å². The van der Waals surface area contributed by atoms with Gasteiger partial charge in [-0.1, -0.05) is 198 Å². The molecule has 0 atom stereocenters. The Kier molecular flexibility index (Phi) is 39.1. The highest BCUT2D eigenvalue weighted by Gasteiger charge is 2.38. The molecule has 23 heteroatoms. The second-order valence-electron chi connectivity index (χ2n) is 35.4. The molecule has 4 amide bonds. The molecule has 13 rings (SSSR count). The number of thioether (sulfide) groups is 1. The van der Waals surface area contributed by atoms with Crippen molar-refractivity contribution >= 4 is 148 Å². The molecule has 700 valence electrons. The van der Waals surface area contributed by atoms with Gasteiger partial charge in [-0.05, 0) is 350 Å². The Hall–Kier alpha value is -14.2. The van der Waals surface area contributed by atoms with Crippen LogP contribution < -0.4 is 27.0 Å². The number of nitrogens with two attached hydrogens (primary N) is 1. The van der Waals surface area contributed by atoms with Crippen molar-refractivity contribution in [2.45, 2.75) is 143 Å². The molecule has 0 spiro atoms. The summed E-state index contributed by atoms with van der Waals surface area (Å²) in [5.41, 5.74) is 21.6. The number of carboxylic acid groups (broad SMARTS) is 1. The number of hydrogen-bond donors (Lipinski definition) is 6. The fraction of sp³-hybridized carbons (Fsp3) is 0.209. The van der Waals surface area contributed by atoms with Crippen LogP contribution in [0, 0.1) is 98.4 Å². The lowest BCUT2D eigenvalue weighted by Crippen LogP contribution is -2.27. The fourth-order valence-corrected chi connectivity index (χ4v) is 16.6. The van der Waals surface area contributed by atoms with Crippen molar-refractivity contribution < 1.29 is 43.5 Å². The molecule has 0 aliphatic carbocycles. The molecule has 0 fully saturated rings. The molecule has 13 aromatic carbocycles. The lowest BCUT2D eigenvalue weighted by Gasteiger charge is -2.35. The third-order valence-electron chi connectivity index (χ3n) is 22.8. The second-order valence-corrected chi connectivity index (χ2v) is 39.5. The maximum atomic E-state index is 13.9. The Balaban J connectivity index is 0.000000216. The van der Waals surface area contributed by atoms with Crippen molar-refractivity contribution in [1.82, 2.24) is 0 Å². The van der Waals surface area contributed by atoms with Gasteiger partial charge < -0.3 is 32.1 Å². The number of carbonyl (C=O) groups excluding carboxylic acids is 7. The minimum absolute atomic E-state index is 0.0199. The summed E-state index contributed by atoms with van der Waals surface area (Å²) in [4.78, 5) is 98.8. The summed E-state index contributed by atoms with van der Waals surface area (Å²) in [5.74, 6) is -1.87. The molecule has 7 N–H and O–H groups in total. The van der Waals surface area contributed by atoms with Crippen molar-refractivity contribution in [1.29, 1.82) is 26.3 Å². The number of aryl methyl sites for hydroxylation is 5. The first-order valence-electron chi connectivity index (χ1n) is 43.9. The van der Waals surface area contributed by atoms with Gasteiger partial charge >= 0.3 is 5.97 Å². The number of amides is 4. The molecule has 0 saturated heterocycles. The van der Waals surface area contributed by atoms with Gasteiger partial charge in [0.25, 0.3) is 23.6 Å². The van der Waals surface area contributed by atoms with E-state index in [9.17, 15) is 59.4 Å². The summed E-state index contributed by atoms with van der Waals surface area (Å²) in [6.45, 7) is 29.3. The zero-order chi connectivity index (χ0) is 102. The molecule has 0 radical (unpaired) electrons. The molecule has 13 aromatic rings. The Morgan fingerprint density at radius 1 is 0.326 bits per heavy atom. The van der Waals surface area contributed by atoms with Crippen molar-refractivity contribution in [2.75, 3.05) is 38.1 Å². The highest BCUT2D eigenvalue weighted by atomic mass is 127. The van der Waals surface area contributed by atoms with Gasteiger partial charge in [-0.15, -0.1) is 11.8 Å². The van der Waals surface area contributed by atoms with Gasteiger partial charge in [0.1, 0.15) is 0 Å². The molecular formula is C115H109BrI2N10O9S. The predicted molar refractivity (Wildman–Crippen MR) is 574 cm³/mol. The zero-order valence-corrected chi connectivity index (χ0v) is 86.6. The number of carboxylic acids is 1. The number of rotatable bonds is 24. The zero-order valence-electron chi connectivity index (χ0n) is 79.9. The summed E-state index contributed by atoms with van der Waals surface area (Å²) in [6.07, 6.45) is 0. The Morgan fingerprint density at radius 2 is 0.580 bits per heavy atom. The van der Waals surface area contributed by atoms with Crippen LogP contribution in [0.15, 0.2) is 303 Å². The van der Waals surface area contributed by atoms with Crippen LogP contribution in [0.4, 0.5) is 28.4 Å². The van der Waals surface area contributed by atoms with Crippen molar-refractivity contribution in [3.05, 3.63) is 427 Å². The monoisotopic (exact) mass is 2140 g/mol. The lowest BCUT2D eigenvalue weighted by atomic mass is 9.84. The van der Waals surface area contributed by atoms with E-state index in [4.69, 9.17) is 16.1 Å². The molecular weight excluding hydrogens is 2030 g/mol. The number of carbonyl (C=O) groups is 8. The van der Waals surface area contributed by atoms with E-state index in [2.05, 4.69) is 156 Å². The van der Waals surface area contributed by atoms with Crippen LogP contribution >= 0.6 is 72.9 Å². The number of hydrogen-bond acceptors (Lipinski definition) is 15. The summed E-state index contributed by atoms with van der Waals surface area (Å²) in [6, 6.07) is 104. The molecule has 0 unspecified atom stereocenters. The number of ketones is 3. The van der Waals surface area contributed by atoms with Crippen molar-refractivity contribution in [3.63, 3.8) is 0 Å². The predicted octanol–water partition coefficient (Wildman–Crippen LogP) is 26.9. The van der Waals surface area contributed by atoms with Crippen LogP contribution in [0.1, 0.15) is 231 Å². The quantitative estimate of drug-likeness (QED) is 0.0108. The smallest absolute Gasteiger partial charge is 0.335 e. The third kappa shape index (κ3) is 29.9. The Morgan fingerprint density at radius 3 is 0.855 bits per heavy atom. The number of alkyl halides is 1. The van der Waals surface area contributed by atoms with Gasteiger partial charge in [0.05, 0.1) is 78.8 Å². The highest BCUT2D eigenvalue weighted by molar-refractivity contribution is 14.1. The molecule has 0 aliphatic rings. The summed E-state index contributed by atoms with van der Waals surface area (Å²) >= 11 is 9.28. The number of halogens is 3. The second kappa shape index (κ2) is 49.5. The molecule has 0 aromatic heterocycles. The summed E-state index contributed by atoms with van der Waals surface area (Å²) in [5, 5.41) is 66.6. The van der Waals surface area contributed by atoms with Crippen LogP contribution in [0.2, 0.25) is 0 Å². The van der Waals surface area contributed by atoms with E-state index in [0.717, 1.165) is 76.1 Å². The number of anilines is 5. The third-order valence-corrected chi connectivity index (χ3v) is 27.2. The van der Waals surface area contributed by atoms with Crippen LogP contribution in [0.5, 0.6) is 0 Å². The number of nitrogens with one attached hydrogen (secondary N) is 4. The molecule has 19 nitrogen and oxygen atoms in total. The average molecular weight is 2140 g/mol. The van der Waals surface area contributed by atoms with E-state index in [1.54, 1.807) is 141 Å². The van der Waals surface area contributed by atoms with Gasteiger partial charge in [-0.3, -0.25) is 33.6 Å². The van der Waals surface area contributed by atoms with Crippen LogP contribution in [-0.4, -0.2) is 63.1 Å². The average Bonchev–Trinajstić information content (AvgIpc) is 0.752. The number of Topliss-reactive ketones (excluding diaryl/α,β-unsaturated/α-hetero) is 3. The SMILES string of the molecule is CC(=O)c1cc(NC(=O)c2cccc(C(C)(C)C#N)c2)ccc1C.CC(C)(C#N)c1cccc(C(=O)O)c1.Cc1ccc(N)cc1I.Cc1ccc(NC(=O)c2cccc(C(C)(C)C#N)c2)cc1C(=O)CBr.Cc1ccc(NC(=O)c2cccc(C(C)(C)C#N)c2)cc1C(=O)CSC(c1ccccc1)(c1ccccc1)c1ccccc1.Cc1ccc(NC(=O)c2cccc(C(C)(C)C#N)c2)cc1I. The summed E-state index contributed by atoms with van der Waals surface area (Å²) < 4.78 is 1.73. The number of benzene rings is 13. The number of nitrogen functional groups attached to an aromatic ring is 1. The molecule has 138 heavy (non-hydrogen) atoms. The number of aromatic carboxylic acids is 1. The van der Waals surface area contributed by atoms with Crippen LogP contribution in [0.25, 0.3) is 0 Å². The number of nitriles is 5. The van der Waals surface area contributed by atoms with E-state index >= 15 is 0 Å². The largest absolute Gasteiger partial charge is 0.478 e. The molecule has 0 bridgehead atoms. The van der Waals surface area contributed by atoms with Crippen molar-refractivity contribution in [3.8, 4) is 30.3 Å². The van der Waals surface area contributed by atoms with E-state index in [-0.39, 0.29) is 57.6 Å². The number of nitrogens with zero attached hydrogens (tertiary/aromatic N) is 5. The Labute approximate surface area is 849 Å². The van der Waals surface area contributed by atoms with Gasteiger partial charge in [-0.2, -0.15) is 26.3 Å². The first kappa shape index (κ1) is 109. The molecule has 0 aliphatic heterocycles. The molecule has 0 saturated carbocycles. The minimum Gasteiger partial charge on any atom is -0.478 e. The fourth-order valence-electron chi connectivity index (χ4n) is 13.8. The van der Waals surface area contributed by atoms with Crippen LogP contribution in [0.3, 0.4) is 0 Å². The van der Waals surface area contributed by atoms with E-state index in [1.807, 2.05) is 223 Å². The minimum atomic E-state index is -0.972. The van der Waals surface area contributed by atoms with Crippen molar-refractivity contribution in [2.24, 2.45) is 0 Å². The van der Waals surface area contributed by atoms with Gasteiger partial charge in [-0.25, -0.2) is 4.79 Å². The van der Waals surface area contributed by atoms with Crippen LogP contribution in [-0.2, 0) is 31.8 Å². The lowest BCUT2D eigenvalue weighted by molar-refractivity contribution is 0.0695. The first-order valence-corrected chi connectivity index (χ1v) is 48.2. The van der Waals surface area contributed by atoms with E-state index in [1.165, 1.54) is 33.8 Å². The van der Waals surface area contributed by atoms with E-state index in [0.29, 0.717) is 56.0 Å². The Bertz CT molecular complexity index is 6790. The van der Waals surface area contributed by atoms with E-state index < -0.39 is 37.8 Å². The maximum absolute atomic E-state index is 13.9. The normalized spacial score (nSPS) is 10.9. The maximum Gasteiger partial charge on any atom is 0.335 e. The standard InChI is InChI=1S/C39H34N2O2S.C20H19BrN2O2.C20H20N2O2.C18H17IN2O.C11H11NO2.C7H8IN/c1-28-22-23-34(41-37(43)29-14-13-21-33(24-29)38(2,3)27-40)25-35(28)36(42)26-44-39(30-15-7-4-8-16-30,31-17-9-5-10-18-31)32-19-11-6-12-20-32;1-13-7-8-16(10-17(13)18(24)11-21)23-19(25)14-5-4-6-15(9-14)20(2,3)12-22;1-13-8-9-17(11-18(13)14(2)23)22-19(24)15-6-5-7-16(10-15)20(3,4)12-21;1-12-7-8-15(10-16(12)19)21-17(22)13-5-4-6-14(9-13)18(2,3)11-20;1-11(2,7-12)9-5-3-4-8(6-9)10(13)14;1-5-2-3-6(9)4-7(5)8/h4-25H,26H2,1-3H3,(H,41,43);4-10H,11H2,1-3H3,(H,23,25);5-11H,1-4H3,(H,22,24);4-10H,1-3H3,(H,21,22);3-6H,1-2H3,(H,13,14);2-4H,9H2,1H3. The highest BCUT2D eigenvalue weighted by Crippen LogP contribution is 2.49. The van der Waals surface area contributed by atoms with Gasteiger partial charge in [0.15, 0.2) is 17.3 Å². The first-order chi connectivity index (χ1) is 65.3.